The maximum absolute atomic E-state index is 13.0. The van der Waals surface area contributed by atoms with Crippen molar-refractivity contribution >= 4 is 11.6 Å². The van der Waals surface area contributed by atoms with Crippen LogP contribution >= 0.6 is 0 Å². The summed E-state index contributed by atoms with van der Waals surface area (Å²) in [5.41, 5.74) is 6.65. The average molecular weight is 598 g/mol. The van der Waals surface area contributed by atoms with Gasteiger partial charge in [-0.15, -0.1) is 0 Å². The smallest absolute Gasteiger partial charge is 0.433 e. The van der Waals surface area contributed by atoms with Crippen molar-refractivity contribution in [3.8, 4) is 11.5 Å². The van der Waals surface area contributed by atoms with Crippen molar-refractivity contribution in [2.24, 2.45) is 29.4 Å². The first-order valence-electron chi connectivity index (χ1n) is 14.3. The second-order valence-corrected chi connectivity index (χ2v) is 11.4. The van der Waals surface area contributed by atoms with Crippen molar-refractivity contribution in [1.29, 1.82) is 0 Å². The van der Waals surface area contributed by atoms with E-state index in [0.717, 1.165) is 30.3 Å². The molecule has 0 saturated heterocycles. The molecule has 1 heterocycles. The number of nitrogens with one attached hydrogen (secondary N) is 1. The van der Waals surface area contributed by atoms with Crippen molar-refractivity contribution in [1.82, 2.24) is 4.98 Å². The number of rotatable bonds is 17. The van der Waals surface area contributed by atoms with Crippen LogP contribution in [0.15, 0.2) is 36.5 Å². The van der Waals surface area contributed by atoms with Gasteiger partial charge >= 0.3 is 6.18 Å². The number of pyridine rings is 1. The van der Waals surface area contributed by atoms with E-state index in [1.54, 1.807) is 14.2 Å². The van der Waals surface area contributed by atoms with Crippen LogP contribution in [0.3, 0.4) is 0 Å². The van der Waals surface area contributed by atoms with E-state index in [2.05, 4.69) is 24.1 Å². The molecular formula is C31H46F3N3O5. The molecule has 0 aliphatic rings. The minimum absolute atomic E-state index is 0.117. The second kappa shape index (κ2) is 16.7. The van der Waals surface area contributed by atoms with Crippen molar-refractivity contribution in [2.45, 2.75) is 71.7 Å². The molecule has 0 aliphatic heterocycles. The Kier molecular flexibility index (Phi) is 14.0. The number of methoxy groups -OCH3 is 2. The predicted molar refractivity (Wildman–Crippen MR) is 156 cm³/mol. The molecule has 1 aromatic heterocycles. The maximum atomic E-state index is 13.0. The predicted octanol–water partition coefficient (Wildman–Crippen LogP) is 5.72. The summed E-state index contributed by atoms with van der Waals surface area (Å²) in [4.78, 5) is 16.4. The van der Waals surface area contributed by atoms with Gasteiger partial charge in [0.1, 0.15) is 5.69 Å². The number of nitrogens with two attached hydrogens (primary N) is 1. The summed E-state index contributed by atoms with van der Waals surface area (Å²) in [5.74, 6) is 0.569. The van der Waals surface area contributed by atoms with Crippen LogP contribution < -0.4 is 20.5 Å². The van der Waals surface area contributed by atoms with E-state index >= 15 is 0 Å². The molecule has 0 radical (unpaired) electrons. The molecule has 1 aromatic carbocycles. The molecular weight excluding hydrogens is 551 g/mol. The van der Waals surface area contributed by atoms with Gasteiger partial charge in [-0.25, -0.2) is 4.98 Å². The van der Waals surface area contributed by atoms with E-state index in [0.29, 0.717) is 37.6 Å². The Morgan fingerprint density at radius 2 is 1.74 bits per heavy atom. The number of aromatic nitrogens is 1. The number of aliphatic hydroxyl groups is 1. The summed E-state index contributed by atoms with van der Waals surface area (Å²) < 4.78 is 54.9. The molecule has 0 saturated carbocycles. The molecule has 4 atom stereocenters. The molecule has 0 aliphatic carbocycles. The first-order valence-corrected chi connectivity index (χ1v) is 14.3. The highest BCUT2D eigenvalue weighted by molar-refractivity contribution is 5.92. The van der Waals surface area contributed by atoms with Gasteiger partial charge in [0, 0.05) is 32.1 Å². The summed E-state index contributed by atoms with van der Waals surface area (Å²) in [6, 6.07) is 7.24. The van der Waals surface area contributed by atoms with E-state index in [9.17, 15) is 23.1 Å². The number of hydrogen-bond acceptors (Lipinski definition) is 7. The van der Waals surface area contributed by atoms with Crippen LogP contribution in [0.1, 0.15) is 58.2 Å². The molecule has 42 heavy (non-hydrogen) atoms. The van der Waals surface area contributed by atoms with Gasteiger partial charge in [0.25, 0.3) is 0 Å². The van der Waals surface area contributed by atoms with Gasteiger partial charge in [0.05, 0.1) is 31.7 Å². The third kappa shape index (κ3) is 11.1. The fourth-order valence-corrected chi connectivity index (χ4v) is 4.73. The van der Waals surface area contributed by atoms with Gasteiger partial charge in [0.2, 0.25) is 5.91 Å². The number of hydrogen-bond donors (Lipinski definition) is 3. The minimum Gasteiger partial charge on any atom is -0.493 e. The summed E-state index contributed by atoms with van der Waals surface area (Å²) in [6.45, 7) is 9.02. The third-order valence-electron chi connectivity index (χ3n) is 7.45. The molecule has 0 fully saturated rings. The number of amides is 1. The minimum atomic E-state index is -4.56. The number of nitrogens with zero attached hydrogens (tertiary/aromatic N) is 1. The van der Waals surface area contributed by atoms with Crippen molar-refractivity contribution < 1.29 is 37.3 Å². The van der Waals surface area contributed by atoms with Gasteiger partial charge in [-0.2, -0.15) is 13.2 Å². The van der Waals surface area contributed by atoms with Gasteiger partial charge in [0.15, 0.2) is 11.5 Å². The van der Waals surface area contributed by atoms with E-state index in [4.69, 9.17) is 19.9 Å². The van der Waals surface area contributed by atoms with Gasteiger partial charge in [-0.05, 0) is 66.8 Å². The summed E-state index contributed by atoms with van der Waals surface area (Å²) in [5, 5.41) is 13.7. The van der Waals surface area contributed by atoms with Gasteiger partial charge in [-0.1, -0.05) is 33.8 Å². The molecule has 4 N–H and O–H groups in total. The Labute approximate surface area is 247 Å². The first kappa shape index (κ1) is 35.3. The molecule has 1 amide bonds. The van der Waals surface area contributed by atoms with Crippen LogP contribution in [0.25, 0.3) is 0 Å². The van der Waals surface area contributed by atoms with Crippen LogP contribution in [0.2, 0.25) is 0 Å². The molecule has 2 rings (SSSR count). The van der Waals surface area contributed by atoms with Crippen LogP contribution in [-0.2, 0) is 22.1 Å². The van der Waals surface area contributed by atoms with Crippen LogP contribution in [0, 0.1) is 23.7 Å². The van der Waals surface area contributed by atoms with Crippen LogP contribution in [0.5, 0.6) is 11.5 Å². The highest BCUT2D eigenvalue weighted by atomic mass is 19.4. The fraction of sp³-hybridized carbons (Fsp3) is 0.613. The Hall–Kier alpha value is -2.89. The van der Waals surface area contributed by atoms with Crippen molar-refractivity contribution in [3.05, 3.63) is 47.8 Å². The maximum Gasteiger partial charge on any atom is 0.433 e. The standard InChI is InChI=1S/C31H46F3N3O5/c1-19(2)22(14-21-8-10-27(41-6)28(15-21)42-13-7-12-40-5)16-25(35)26(38)17-24(20(3)4)30(39)37-23-9-11-29(36-18-23)31(32,33)34/h8-11,15,18-20,22,24-26,38H,7,12-14,16-17,35H2,1-6H3,(H,37,39). The number of carbonyl (C=O) groups excluding carboxylic acids is 1. The second-order valence-electron chi connectivity index (χ2n) is 11.4. The lowest BCUT2D eigenvalue weighted by atomic mass is 9.81. The van der Waals surface area contributed by atoms with Gasteiger partial charge in [-0.3, -0.25) is 4.79 Å². The van der Waals surface area contributed by atoms with Gasteiger partial charge < -0.3 is 30.4 Å². The van der Waals surface area contributed by atoms with Crippen molar-refractivity contribution in [3.63, 3.8) is 0 Å². The molecule has 2 aromatic rings. The number of anilines is 1. The quantitative estimate of drug-likeness (QED) is 0.200. The Balaban J connectivity index is 2.05. The van der Waals surface area contributed by atoms with E-state index in [-0.39, 0.29) is 29.9 Å². The number of carbonyl (C=O) groups is 1. The molecule has 0 spiro atoms. The number of halogens is 3. The Morgan fingerprint density at radius 3 is 2.29 bits per heavy atom. The lowest BCUT2D eigenvalue weighted by molar-refractivity contribution is -0.141. The first-order chi connectivity index (χ1) is 19.8. The monoisotopic (exact) mass is 597 g/mol. The molecule has 11 heteroatoms. The highest BCUT2D eigenvalue weighted by Gasteiger charge is 2.33. The van der Waals surface area contributed by atoms with E-state index in [1.807, 2.05) is 32.0 Å². The summed E-state index contributed by atoms with van der Waals surface area (Å²) in [7, 11) is 3.24. The van der Waals surface area contributed by atoms with E-state index < -0.39 is 35.8 Å². The highest BCUT2D eigenvalue weighted by Crippen LogP contribution is 2.32. The van der Waals surface area contributed by atoms with Crippen LogP contribution in [0.4, 0.5) is 18.9 Å². The zero-order chi connectivity index (χ0) is 31.4. The lowest BCUT2D eigenvalue weighted by Gasteiger charge is -2.30. The number of alkyl halides is 3. The Bertz CT molecular complexity index is 1100. The fourth-order valence-electron chi connectivity index (χ4n) is 4.73. The molecule has 236 valence electrons. The topological polar surface area (TPSA) is 116 Å². The summed E-state index contributed by atoms with van der Waals surface area (Å²) in [6.07, 6.45) is -2.43. The summed E-state index contributed by atoms with van der Waals surface area (Å²) >= 11 is 0. The average Bonchev–Trinajstić information content (AvgIpc) is 2.93. The lowest BCUT2D eigenvalue weighted by Crippen LogP contribution is -2.41. The number of aliphatic hydroxyl groups excluding tert-OH is 1. The molecule has 8 nitrogen and oxygen atoms in total. The number of benzene rings is 1. The van der Waals surface area contributed by atoms with Crippen molar-refractivity contribution in [2.75, 3.05) is 32.8 Å². The zero-order valence-corrected chi connectivity index (χ0v) is 25.4. The molecule has 4 unspecified atom stereocenters. The largest absolute Gasteiger partial charge is 0.493 e. The Morgan fingerprint density at radius 1 is 1.02 bits per heavy atom. The zero-order valence-electron chi connectivity index (χ0n) is 25.4. The van der Waals surface area contributed by atoms with Crippen LogP contribution in [-0.4, -0.2) is 55.6 Å². The normalized spacial score (nSPS) is 14.9. The number of ether oxygens (including phenoxy) is 3. The third-order valence-corrected chi connectivity index (χ3v) is 7.45. The SMILES string of the molecule is COCCCOc1cc(CC(CC(N)C(O)CC(C(=O)Nc2ccc(C(F)(F)F)nc2)C(C)C)C(C)C)ccc1OC. The van der Waals surface area contributed by atoms with E-state index in [1.165, 1.54) is 0 Å². The molecule has 0 bridgehead atoms.